The number of hydrogen-bond donors (Lipinski definition) is 2. The number of carbonyl (C=O) groups excluding carboxylic acids is 1. The van der Waals surface area contributed by atoms with Gasteiger partial charge in [0.2, 0.25) is 0 Å². The zero-order valence-corrected chi connectivity index (χ0v) is 12.2. The average Bonchev–Trinajstić information content (AvgIpc) is 3.04. The average molecular weight is 335 g/mol. The summed E-state index contributed by atoms with van der Waals surface area (Å²) in [7, 11) is 0. The molecule has 0 bridgehead atoms. The summed E-state index contributed by atoms with van der Waals surface area (Å²) >= 11 is 0. The Morgan fingerprint density at radius 2 is 2.08 bits per heavy atom. The van der Waals surface area contributed by atoms with Crippen LogP contribution in [0, 0.1) is 11.3 Å². The summed E-state index contributed by atoms with van der Waals surface area (Å²) in [6.45, 7) is 0.259. The van der Waals surface area contributed by atoms with Gasteiger partial charge in [-0.25, -0.2) is 0 Å². The highest BCUT2D eigenvalue weighted by atomic mass is 19.4. The van der Waals surface area contributed by atoms with Crippen LogP contribution in [-0.2, 0) is 17.5 Å². The van der Waals surface area contributed by atoms with Gasteiger partial charge < -0.3 is 15.1 Å². The SMILES string of the molecule is N#C/C(=C/NCc1ccco1)C(=O)Nc1cccc(C(F)(F)F)c1. The molecule has 1 aromatic heterocycles. The first-order valence-corrected chi connectivity index (χ1v) is 6.75. The van der Waals surface area contributed by atoms with E-state index in [4.69, 9.17) is 9.68 Å². The van der Waals surface area contributed by atoms with E-state index in [0.717, 1.165) is 12.1 Å². The molecule has 2 rings (SSSR count). The first-order chi connectivity index (χ1) is 11.4. The lowest BCUT2D eigenvalue weighted by atomic mass is 10.2. The molecular weight excluding hydrogens is 323 g/mol. The van der Waals surface area contributed by atoms with Crippen LogP contribution >= 0.6 is 0 Å². The minimum Gasteiger partial charge on any atom is -0.467 e. The Morgan fingerprint density at radius 1 is 1.29 bits per heavy atom. The number of rotatable bonds is 5. The van der Waals surface area contributed by atoms with Gasteiger partial charge in [-0.1, -0.05) is 6.07 Å². The highest BCUT2D eigenvalue weighted by Crippen LogP contribution is 2.30. The molecule has 1 aromatic carbocycles. The summed E-state index contributed by atoms with van der Waals surface area (Å²) in [6.07, 6.45) is -1.86. The fourth-order valence-corrected chi connectivity index (χ4v) is 1.79. The van der Waals surface area contributed by atoms with Crippen LogP contribution in [0.4, 0.5) is 18.9 Å². The molecule has 2 aromatic rings. The van der Waals surface area contributed by atoms with Crippen LogP contribution in [0.1, 0.15) is 11.3 Å². The molecule has 2 N–H and O–H groups in total. The predicted molar refractivity (Wildman–Crippen MR) is 79.3 cm³/mol. The normalized spacial score (nSPS) is 11.7. The van der Waals surface area contributed by atoms with Gasteiger partial charge in [-0.3, -0.25) is 4.79 Å². The predicted octanol–water partition coefficient (Wildman–Crippen LogP) is 3.43. The quantitative estimate of drug-likeness (QED) is 0.648. The summed E-state index contributed by atoms with van der Waals surface area (Å²) in [5, 5.41) is 14.0. The lowest BCUT2D eigenvalue weighted by molar-refractivity contribution is -0.137. The molecule has 1 amide bonds. The number of nitrogens with one attached hydrogen (secondary N) is 2. The van der Waals surface area contributed by atoms with Crippen molar-refractivity contribution in [1.82, 2.24) is 5.32 Å². The Labute approximate surface area is 135 Å². The molecule has 8 heteroatoms. The number of amides is 1. The maximum atomic E-state index is 12.6. The molecule has 5 nitrogen and oxygen atoms in total. The van der Waals surface area contributed by atoms with Crippen LogP contribution in [0.15, 0.2) is 58.9 Å². The van der Waals surface area contributed by atoms with Gasteiger partial charge in [-0.15, -0.1) is 0 Å². The third kappa shape index (κ3) is 4.64. The molecule has 0 saturated carbocycles. The standard InChI is InChI=1S/C16H12F3N3O2/c17-16(18,19)12-3-1-4-13(7-12)22-15(23)11(8-20)9-21-10-14-5-2-6-24-14/h1-7,9,21H,10H2,(H,22,23)/b11-9-. The summed E-state index contributed by atoms with van der Waals surface area (Å²) in [4.78, 5) is 12.0. The number of hydrogen-bond acceptors (Lipinski definition) is 4. The summed E-state index contributed by atoms with van der Waals surface area (Å²) in [6, 6.07) is 9.23. The number of nitriles is 1. The second-order valence-electron chi connectivity index (χ2n) is 4.66. The Morgan fingerprint density at radius 3 is 2.71 bits per heavy atom. The van der Waals surface area contributed by atoms with E-state index in [1.165, 1.54) is 24.6 Å². The van der Waals surface area contributed by atoms with Gasteiger partial charge in [0.05, 0.1) is 18.4 Å². The second kappa shape index (κ2) is 7.37. The van der Waals surface area contributed by atoms with Crippen molar-refractivity contribution >= 4 is 11.6 Å². The Bertz CT molecular complexity index is 775. The van der Waals surface area contributed by atoms with Crippen LogP contribution in [0.5, 0.6) is 0 Å². The molecular formula is C16H12F3N3O2. The molecule has 0 aliphatic rings. The summed E-state index contributed by atoms with van der Waals surface area (Å²) < 4.78 is 43.0. The molecule has 0 fully saturated rings. The molecule has 0 aliphatic heterocycles. The van der Waals surface area contributed by atoms with Crippen molar-refractivity contribution in [1.29, 1.82) is 5.26 Å². The molecule has 1 heterocycles. The topological polar surface area (TPSA) is 78.1 Å². The lowest BCUT2D eigenvalue weighted by Gasteiger charge is -2.09. The van der Waals surface area contributed by atoms with Crippen LogP contribution < -0.4 is 10.6 Å². The maximum Gasteiger partial charge on any atom is 0.416 e. The zero-order chi connectivity index (χ0) is 17.6. The number of furan rings is 1. The van der Waals surface area contributed by atoms with Gasteiger partial charge in [0.15, 0.2) is 0 Å². The van der Waals surface area contributed by atoms with Gasteiger partial charge in [0.1, 0.15) is 17.4 Å². The zero-order valence-electron chi connectivity index (χ0n) is 12.2. The largest absolute Gasteiger partial charge is 0.467 e. The monoisotopic (exact) mass is 335 g/mol. The van der Waals surface area contributed by atoms with Crippen molar-refractivity contribution in [3.8, 4) is 6.07 Å². The molecule has 0 spiro atoms. The fourth-order valence-electron chi connectivity index (χ4n) is 1.79. The van der Waals surface area contributed by atoms with E-state index in [1.807, 2.05) is 0 Å². The Balaban J connectivity index is 2.03. The van der Waals surface area contributed by atoms with Crippen molar-refractivity contribution < 1.29 is 22.4 Å². The Kier molecular flexibility index (Phi) is 5.27. The molecule has 0 unspecified atom stereocenters. The smallest absolute Gasteiger partial charge is 0.416 e. The molecule has 0 radical (unpaired) electrons. The van der Waals surface area contributed by atoms with Gasteiger partial charge in [-0.2, -0.15) is 18.4 Å². The molecule has 24 heavy (non-hydrogen) atoms. The summed E-state index contributed by atoms with van der Waals surface area (Å²) in [5.41, 5.74) is -1.22. The first-order valence-electron chi connectivity index (χ1n) is 6.75. The van der Waals surface area contributed by atoms with Crippen LogP contribution in [0.25, 0.3) is 0 Å². The Hall–Kier alpha value is -3.21. The van der Waals surface area contributed by atoms with Crippen LogP contribution in [-0.4, -0.2) is 5.91 Å². The van der Waals surface area contributed by atoms with E-state index in [1.54, 1.807) is 18.2 Å². The van der Waals surface area contributed by atoms with Crippen LogP contribution in [0.3, 0.4) is 0 Å². The van der Waals surface area contributed by atoms with Gasteiger partial charge in [0, 0.05) is 11.9 Å². The number of nitrogens with zero attached hydrogens (tertiary/aromatic N) is 1. The second-order valence-corrected chi connectivity index (χ2v) is 4.66. The van der Waals surface area contributed by atoms with E-state index in [-0.39, 0.29) is 17.8 Å². The molecule has 0 saturated heterocycles. The third-order valence-electron chi connectivity index (χ3n) is 2.92. The number of alkyl halides is 3. The van der Waals surface area contributed by atoms with Crippen molar-refractivity contribution in [3.05, 3.63) is 65.8 Å². The molecule has 0 aliphatic carbocycles. The van der Waals surface area contributed by atoms with Gasteiger partial charge in [-0.05, 0) is 30.3 Å². The highest BCUT2D eigenvalue weighted by Gasteiger charge is 2.30. The minimum absolute atomic E-state index is 0.0537. The maximum absolute atomic E-state index is 12.6. The van der Waals surface area contributed by atoms with Crippen molar-refractivity contribution in [2.75, 3.05) is 5.32 Å². The fraction of sp³-hybridized carbons (Fsp3) is 0.125. The van der Waals surface area contributed by atoms with Crippen molar-refractivity contribution in [2.24, 2.45) is 0 Å². The van der Waals surface area contributed by atoms with E-state index < -0.39 is 17.6 Å². The van der Waals surface area contributed by atoms with E-state index >= 15 is 0 Å². The van der Waals surface area contributed by atoms with Crippen LogP contribution in [0.2, 0.25) is 0 Å². The number of anilines is 1. The minimum atomic E-state index is -4.51. The highest BCUT2D eigenvalue weighted by molar-refractivity contribution is 6.06. The van der Waals surface area contributed by atoms with E-state index in [2.05, 4.69) is 10.6 Å². The van der Waals surface area contributed by atoms with Crippen molar-refractivity contribution in [2.45, 2.75) is 12.7 Å². The third-order valence-corrected chi connectivity index (χ3v) is 2.92. The summed E-state index contributed by atoms with van der Waals surface area (Å²) in [5.74, 6) is -0.217. The lowest BCUT2D eigenvalue weighted by Crippen LogP contribution is -2.17. The number of carbonyl (C=O) groups is 1. The number of halogens is 3. The first kappa shape index (κ1) is 17.1. The molecule has 0 atom stereocenters. The van der Waals surface area contributed by atoms with Crippen molar-refractivity contribution in [3.63, 3.8) is 0 Å². The van der Waals surface area contributed by atoms with E-state index in [9.17, 15) is 18.0 Å². The number of benzene rings is 1. The van der Waals surface area contributed by atoms with Gasteiger partial charge >= 0.3 is 6.18 Å². The molecule has 124 valence electrons. The van der Waals surface area contributed by atoms with Gasteiger partial charge in [0.25, 0.3) is 5.91 Å². The van der Waals surface area contributed by atoms with E-state index in [0.29, 0.717) is 5.76 Å².